The van der Waals surface area contributed by atoms with E-state index in [0.717, 1.165) is 12.2 Å². The van der Waals surface area contributed by atoms with Crippen molar-refractivity contribution in [1.82, 2.24) is 4.90 Å². The molecule has 18 heavy (non-hydrogen) atoms. The number of carboxylic acids is 1. The SMILES string of the molecule is COCC1(C(=O)O)CCN(C(=O)CCCSC)C1. The maximum absolute atomic E-state index is 11.9. The summed E-state index contributed by atoms with van der Waals surface area (Å²) in [6.07, 6.45) is 3.84. The fraction of sp³-hybridized carbons (Fsp3) is 0.833. The van der Waals surface area contributed by atoms with Crippen molar-refractivity contribution in [3.8, 4) is 0 Å². The van der Waals surface area contributed by atoms with Gasteiger partial charge in [-0.15, -0.1) is 0 Å². The number of carbonyl (C=O) groups is 2. The van der Waals surface area contributed by atoms with Gasteiger partial charge in [-0.1, -0.05) is 0 Å². The summed E-state index contributed by atoms with van der Waals surface area (Å²) in [6, 6.07) is 0. The number of likely N-dealkylation sites (tertiary alicyclic amines) is 1. The van der Waals surface area contributed by atoms with Gasteiger partial charge in [-0.25, -0.2) is 0 Å². The zero-order chi connectivity index (χ0) is 13.6. The third-order valence-corrected chi connectivity index (χ3v) is 4.02. The number of hydrogen-bond donors (Lipinski definition) is 1. The second kappa shape index (κ2) is 6.99. The van der Waals surface area contributed by atoms with Crippen LogP contribution in [-0.4, -0.2) is 60.7 Å². The Morgan fingerprint density at radius 1 is 1.50 bits per heavy atom. The molecule has 0 bridgehead atoms. The number of carboxylic acid groups (broad SMARTS) is 1. The van der Waals surface area contributed by atoms with Crippen LogP contribution in [0.4, 0.5) is 0 Å². The number of methoxy groups -OCH3 is 1. The molecule has 6 heteroatoms. The number of carbonyl (C=O) groups excluding carboxylic acids is 1. The first-order valence-electron chi connectivity index (χ1n) is 6.05. The van der Waals surface area contributed by atoms with E-state index in [2.05, 4.69) is 0 Å². The average Bonchev–Trinajstić information content (AvgIpc) is 2.75. The lowest BCUT2D eigenvalue weighted by Gasteiger charge is -2.23. The molecule has 1 saturated heterocycles. The Hall–Kier alpha value is -0.750. The molecule has 1 N–H and O–H groups in total. The van der Waals surface area contributed by atoms with E-state index < -0.39 is 11.4 Å². The van der Waals surface area contributed by atoms with Gasteiger partial charge in [-0.2, -0.15) is 11.8 Å². The quantitative estimate of drug-likeness (QED) is 0.704. The van der Waals surface area contributed by atoms with E-state index in [4.69, 9.17) is 4.74 Å². The molecule has 1 amide bonds. The first-order valence-corrected chi connectivity index (χ1v) is 7.44. The molecule has 1 unspecified atom stereocenters. The van der Waals surface area contributed by atoms with Crippen LogP contribution in [0.1, 0.15) is 19.3 Å². The van der Waals surface area contributed by atoms with Crippen molar-refractivity contribution >= 4 is 23.6 Å². The Kier molecular flexibility index (Phi) is 5.95. The van der Waals surface area contributed by atoms with Crippen LogP contribution in [0.2, 0.25) is 0 Å². The van der Waals surface area contributed by atoms with Crippen molar-refractivity contribution in [2.45, 2.75) is 19.3 Å². The minimum Gasteiger partial charge on any atom is -0.481 e. The molecular weight excluding hydrogens is 254 g/mol. The maximum Gasteiger partial charge on any atom is 0.313 e. The van der Waals surface area contributed by atoms with E-state index in [-0.39, 0.29) is 19.1 Å². The first-order chi connectivity index (χ1) is 8.55. The summed E-state index contributed by atoms with van der Waals surface area (Å²) < 4.78 is 4.99. The topological polar surface area (TPSA) is 66.8 Å². The maximum atomic E-state index is 11.9. The van der Waals surface area contributed by atoms with Crippen LogP contribution < -0.4 is 0 Å². The molecule has 0 aromatic carbocycles. The van der Waals surface area contributed by atoms with Gasteiger partial charge >= 0.3 is 5.97 Å². The average molecular weight is 275 g/mol. The molecule has 1 aliphatic rings. The molecule has 0 aromatic rings. The normalized spacial score (nSPS) is 23.3. The summed E-state index contributed by atoms with van der Waals surface area (Å²) in [5.41, 5.74) is -0.913. The summed E-state index contributed by atoms with van der Waals surface area (Å²) in [5, 5.41) is 9.29. The van der Waals surface area contributed by atoms with Crippen molar-refractivity contribution in [2.75, 3.05) is 38.8 Å². The largest absolute Gasteiger partial charge is 0.481 e. The smallest absolute Gasteiger partial charge is 0.313 e. The third-order valence-electron chi connectivity index (χ3n) is 3.32. The number of amides is 1. The van der Waals surface area contributed by atoms with Crippen LogP contribution in [0, 0.1) is 5.41 Å². The molecule has 0 radical (unpaired) electrons. The Morgan fingerprint density at radius 3 is 2.78 bits per heavy atom. The van der Waals surface area contributed by atoms with Crippen LogP contribution >= 0.6 is 11.8 Å². The second-order valence-corrected chi connectivity index (χ2v) is 5.67. The Labute approximate surface area is 112 Å². The Bertz CT molecular complexity index is 310. The highest BCUT2D eigenvalue weighted by molar-refractivity contribution is 7.98. The van der Waals surface area contributed by atoms with Gasteiger partial charge < -0.3 is 14.7 Å². The highest BCUT2D eigenvalue weighted by atomic mass is 32.2. The van der Waals surface area contributed by atoms with Crippen LogP contribution in [0.25, 0.3) is 0 Å². The molecular formula is C12H21NO4S. The highest BCUT2D eigenvalue weighted by Crippen LogP contribution is 2.31. The monoisotopic (exact) mass is 275 g/mol. The molecule has 1 heterocycles. The summed E-state index contributed by atoms with van der Waals surface area (Å²) in [6.45, 7) is 0.957. The predicted molar refractivity (Wildman–Crippen MR) is 70.8 cm³/mol. The number of rotatable bonds is 7. The predicted octanol–water partition coefficient (Wildman–Crippen LogP) is 1.08. The molecule has 0 aromatic heterocycles. The van der Waals surface area contributed by atoms with Gasteiger partial charge in [-0.05, 0) is 24.9 Å². The number of nitrogens with zero attached hydrogens (tertiary/aromatic N) is 1. The van der Waals surface area contributed by atoms with Gasteiger partial charge in [0, 0.05) is 26.6 Å². The standard InChI is InChI=1S/C12H21NO4S/c1-17-9-12(11(15)16)5-6-13(8-12)10(14)4-3-7-18-2/h3-9H2,1-2H3,(H,15,16). The molecule has 1 rings (SSSR count). The lowest BCUT2D eigenvalue weighted by molar-refractivity contribution is -0.151. The van der Waals surface area contributed by atoms with E-state index in [9.17, 15) is 14.7 Å². The molecule has 0 saturated carbocycles. The van der Waals surface area contributed by atoms with Crippen molar-refractivity contribution in [3.63, 3.8) is 0 Å². The summed E-state index contributed by atoms with van der Waals surface area (Å²) in [5.74, 6) is 0.147. The molecule has 1 fully saturated rings. The van der Waals surface area contributed by atoms with E-state index in [1.165, 1.54) is 7.11 Å². The minimum atomic E-state index is -0.913. The van der Waals surface area contributed by atoms with Gasteiger partial charge in [-0.3, -0.25) is 9.59 Å². The molecule has 0 spiro atoms. The Balaban J connectivity index is 2.52. The van der Waals surface area contributed by atoms with Crippen LogP contribution in [-0.2, 0) is 14.3 Å². The highest BCUT2D eigenvalue weighted by Gasteiger charge is 2.46. The lowest BCUT2D eigenvalue weighted by atomic mass is 9.88. The van der Waals surface area contributed by atoms with Crippen LogP contribution in [0.15, 0.2) is 0 Å². The molecule has 1 atom stereocenters. The summed E-state index contributed by atoms with van der Waals surface area (Å²) >= 11 is 1.71. The third kappa shape index (κ3) is 3.62. The van der Waals surface area contributed by atoms with Gasteiger partial charge in [0.25, 0.3) is 0 Å². The fourth-order valence-corrected chi connectivity index (χ4v) is 2.67. The van der Waals surface area contributed by atoms with E-state index in [1.54, 1.807) is 16.7 Å². The second-order valence-electron chi connectivity index (χ2n) is 4.68. The van der Waals surface area contributed by atoms with Crippen molar-refractivity contribution in [1.29, 1.82) is 0 Å². The van der Waals surface area contributed by atoms with E-state index in [1.807, 2.05) is 6.26 Å². The van der Waals surface area contributed by atoms with E-state index in [0.29, 0.717) is 19.4 Å². The van der Waals surface area contributed by atoms with Crippen molar-refractivity contribution in [2.24, 2.45) is 5.41 Å². The summed E-state index contributed by atoms with van der Waals surface area (Å²) in [7, 11) is 1.49. The molecule has 104 valence electrons. The van der Waals surface area contributed by atoms with Crippen molar-refractivity contribution in [3.05, 3.63) is 0 Å². The minimum absolute atomic E-state index is 0.0586. The van der Waals surface area contributed by atoms with Crippen LogP contribution in [0.5, 0.6) is 0 Å². The van der Waals surface area contributed by atoms with E-state index >= 15 is 0 Å². The fourth-order valence-electron chi connectivity index (χ4n) is 2.24. The van der Waals surface area contributed by atoms with Gasteiger partial charge in [0.05, 0.1) is 6.61 Å². The van der Waals surface area contributed by atoms with Gasteiger partial charge in [0.15, 0.2) is 0 Å². The molecule has 1 aliphatic heterocycles. The molecule has 5 nitrogen and oxygen atoms in total. The van der Waals surface area contributed by atoms with Crippen LogP contribution in [0.3, 0.4) is 0 Å². The zero-order valence-electron chi connectivity index (χ0n) is 11.0. The number of hydrogen-bond acceptors (Lipinski definition) is 4. The number of ether oxygens (including phenoxy) is 1. The Morgan fingerprint density at radius 2 is 2.22 bits per heavy atom. The number of aliphatic carboxylic acids is 1. The zero-order valence-corrected chi connectivity index (χ0v) is 11.8. The number of thioether (sulfide) groups is 1. The van der Waals surface area contributed by atoms with Gasteiger partial charge in [0.2, 0.25) is 5.91 Å². The summed E-state index contributed by atoms with van der Waals surface area (Å²) in [4.78, 5) is 24.9. The van der Waals surface area contributed by atoms with Gasteiger partial charge in [0.1, 0.15) is 5.41 Å². The van der Waals surface area contributed by atoms with Crippen molar-refractivity contribution < 1.29 is 19.4 Å². The first kappa shape index (κ1) is 15.3. The molecule has 0 aliphatic carbocycles. The lowest BCUT2D eigenvalue weighted by Crippen LogP contribution is -2.40.